The molecule has 1 fully saturated rings. The third-order valence-corrected chi connectivity index (χ3v) is 5.12. The van der Waals surface area contributed by atoms with Crippen molar-refractivity contribution in [2.75, 3.05) is 19.8 Å². The molecular weight excluding hydrogens is 395 g/mol. The number of alkyl halides is 2. The zero-order valence-electron chi connectivity index (χ0n) is 15.7. The monoisotopic (exact) mass is 417 g/mol. The molecule has 2 aromatic rings. The molecule has 9 heteroatoms. The number of aromatic nitrogens is 2. The molecule has 0 amide bonds. The number of rotatable bonds is 8. The van der Waals surface area contributed by atoms with Crippen molar-refractivity contribution < 1.29 is 22.6 Å². The zero-order chi connectivity index (χ0) is 20.5. The third kappa shape index (κ3) is 3.91. The van der Waals surface area contributed by atoms with Crippen LogP contribution >= 0.6 is 11.6 Å². The van der Waals surface area contributed by atoms with Crippen LogP contribution in [0.1, 0.15) is 38.7 Å². The van der Waals surface area contributed by atoms with Gasteiger partial charge in [-0.2, -0.15) is 5.10 Å². The van der Waals surface area contributed by atoms with Crippen molar-refractivity contribution in [1.29, 1.82) is 0 Å². The average Bonchev–Trinajstić information content (AvgIpc) is 3.07. The van der Waals surface area contributed by atoms with Crippen molar-refractivity contribution in [2.24, 2.45) is 5.73 Å². The molecule has 3 rings (SSSR count). The van der Waals surface area contributed by atoms with E-state index in [9.17, 15) is 13.2 Å². The number of nitrogens with zero attached hydrogens (tertiary/aromatic N) is 2. The van der Waals surface area contributed by atoms with Crippen molar-refractivity contribution in [3.63, 3.8) is 0 Å². The van der Waals surface area contributed by atoms with Crippen LogP contribution in [0.5, 0.6) is 0 Å². The lowest BCUT2D eigenvalue weighted by Crippen LogP contribution is -2.58. The van der Waals surface area contributed by atoms with Gasteiger partial charge in [-0.15, -0.1) is 0 Å². The van der Waals surface area contributed by atoms with Crippen LogP contribution in [0, 0.1) is 5.82 Å². The normalized spacial score (nSPS) is 17.7. The van der Waals surface area contributed by atoms with Crippen molar-refractivity contribution >= 4 is 11.6 Å². The summed E-state index contributed by atoms with van der Waals surface area (Å²) in [6, 6.07) is 5.88. The van der Waals surface area contributed by atoms with Gasteiger partial charge < -0.3 is 15.2 Å². The van der Waals surface area contributed by atoms with Gasteiger partial charge in [-0.05, 0) is 38.1 Å². The molecular formula is C19H23ClF3N3O2. The van der Waals surface area contributed by atoms with Crippen LogP contribution in [0.15, 0.2) is 24.3 Å². The molecule has 1 heterocycles. The Morgan fingerprint density at radius 2 is 1.86 bits per heavy atom. The second kappa shape index (κ2) is 8.02. The largest absolute Gasteiger partial charge is 0.347 e. The SMILES string of the molecule is CCOC(OCC)c1cc(-c2ccc(F)c(Cl)c2)nn1C1(CN)CC(F)(F)C1. The topological polar surface area (TPSA) is 62.3 Å². The van der Waals surface area contributed by atoms with E-state index in [0.717, 1.165) is 0 Å². The van der Waals surface area contributed by atoms with Gasteiger partial charge in [0.15, 0.2) is 0 Å². The Morgan fingerprint density at radius 1 is 1.21 bits per heavy atom. The van der Waals surface area contributed by atoms with E-state index in [2.05, 4.69) is 5.10 Å². The van der Waals surface area contributed by atoms with Crippen molar-refractivity contribution in [3.8, 4) is 11.3 Å². The fourth-order valence-corrected chi connectivity index (χ4v) is 3.73. The van der Waals surface area contributed by atoms with Crippen LogP contribution in [0.3, 0.4) is 0 Å². The van der Waals surface area contributed by atoms with Crippen LogP contribution in [0.4, 0.5) is 13.2 Å². The molecule has 28 heavy (non-hydrogen) atoms. The number of ether oxygens (including phenoxy) is 2. The highest BCUT2D eigenvalue weighted by molar-refractivity contribution is 6.31. The van der Waals surface area contributed by atoms with Gasteiger partial charge in [0, 0.05) is 38.2 Å². The van der Waals surface area contributed by atoms with Gasteiger partial charge in [0.05, 0.1) is 21.9 Å². The number of hydrogen-bond donors (Lipinski definition) is 1. The maximum Gasteiger partial charge on any atom is 0.252 e. The van der Waals surface area contributed by atoms with Gasteiger partial charge in [-0.3, -0.25) is 4.68 Å². The molecule has 0 bridgehead atoms. The summed E-state index contributed by atoms with van der Waals surface area (Å²) in [5.74, 6) is -3.35. The Balaban J connectivity index is 2.10. The highest BCUT2D eigenvalue weighted by atomic mass is 35.5. The Morgan fingerprint density at radius 3 is 2.36 bits per heavy atom. The second-order valence-electron chi connectivity index (χ2n) is 6.88. The lowest BCUT2D eigenvalue weighted by atomic mass is 9.73. The number of hydrogen-bond acceptors (Lipinski definition) is 4. The van der Waals surface area contributed by atoms with Gasteiger partial charge >= 0.3 is 0 Å². The molecule has 1 aliphatic rings. The predicted molar refractivity (Wildman–Crippen MR) is 99.8 cm³/mol. The van der Waals surface area contributed by atoms with Crippen LogP contribution in [-0.2, 0) is 15.0 Å². The molecule has 1 saturated carbocycles. The Labute approximate surface area is 166 Å². The summed E-state index contributed by atoms with van der Waals surface area (Å²) < 4.78 is 53.8. The lowest BCUT2D eigenvalue weighted by Gasteiger charge is -2.47. The van der Waals surface area contributed by atoms with Gasteiger partial charge in [0.2, 0.25) is 6.29 Å². The Hall–Kier alpha value is -1.61. The van der Waals surface area contributed by atoms with Gasteiger partial charge in [-0.1, -0.05) is 11.6 Å². The molecule has 154 valence electrons. The van der Waals surface area contributed by atoms with Crippen molar-refractivity contribution in [1.82, 2.24) is 9.78 Å². The van der Waals surface area contributed by atoms with Gasteiger partial charge in [-0.25, -0.2) is 13.2 Å². The Kier molecular flexibility index (Phi) is 6.05. The van der Waals surface area contributed by atoms with Crippen LogP contribution in [0.2, 0.25) is 5.02 Å². The molecule has 0 unspecified atom stereocenters. The third-order valence-electron chi connectivity index (χ3n) is 4.83. The van der Waals surface area contributed by atoms with E-state index in [1.54, 1.807) is 6.07 Å². The fourth-order valence-electron chi connectivity index (χ4n) is 3.55. The first-order valence-corrected chi connectivity index (χ1v) is 9.50. The summed E-state index contributed by atoms with van der Waals surface area (Å²) in [6.45, 7) is 4.33. The summed E-state index contributed by atoms with van der Waals surface area (Å²) in [4.78, 5) is 0. The minimum atomic E-state index is -2.80. The van der Waals surface area contributed by atoms with Crippen LogP contribution in [-0.4, -0.2) is 35.5 Å². The molecule has 1 aromatic carbocycles. The highest BCUT2D eigenvalue weighted by Gasteiger charge is 2.58. The standard InChI is InChI=1S/C19H23ClF3N3O2/c1-3-27-17(28-4-2)16-8-15(12-5-6-14(21)13(20)7-12)25-26(16)18(11-24)9-19(22,23)10-18/h5-8,17H,3-4,9-11,24H2,1-2H3. The van der Waals surface area contributed by atoms with Crippen molar-refractivity contribution in [2.45, 2.75) is 44.4 Å². The smallest absolute Gasteiger partial charge is 0.252 e. The molecule has 5 nitrogen and oxygen atoms in total. The first-order chi connectivity index (χ1) is 13.2. The first-order valence-electron chi connectivity index (χ1n) is 9.12. The lowest BCUT2D eigenvalue weighted by molar-refractivity contribution is -0.170. The van der Waals surface area contributed by atoms with Crippen LogP contribution < -0.4 is 5.73 Å². The van der Waals surface area contributed by atoms with E-state index in [-0.39, 0.29) is 11.6 Å². The van der Waals surface area contributed by atoms with Gasteiger partial charge in [0.1, 0.15) is 5.82 Å². The second-order valence-corrected chi connectivity index (χ2v) is 7.28. The number of benzene rings is 1. The minimum Gasteiger partial charge on any atom is -0.347 e. The Bertz CT molecular complexity index is 830. The molecule has 0 radical (unpaired) electrons. The quantitative estimate of drug-likeness (QED) is 0.642. The number of nitrogens with two attached hydrogens (primary N) is 1. The van der Waals surface area contributed by atoms with E-state index in [4.69, 9.17) is 26.8 Å². The van der Waals surface area contributed by atoms with Gasteiger partial charge in [0.25, 0.3) is 5.92 Å². The van der Waals surface area contributed by atoms with Crippen LogP contribution in [0.25, 0.3) is 11.3 Å². The first kappa shape index (κ1) is 21.1. The summed E-state index contributed by atoms with van der Waals surface area (Å²) in [6.07, 6.45) is -1.62. The summed E-state index contributed by atoms with van der Waals surface area (Å²) in [7, 11) is 0. The van der Waals surface area contributed by atoms with E-state index < -0.39 is 36.4 Å². The predicted octanol–water partition coefficient (Wildman–Crippen LogP) is 4.50. The maximum absolute atomic E-state index is 13.7. The zero-order valence-corrected chi connectivity index (χ0v) is 16.5. The molecule has 0 spiro atoms. The van der Waals surface area contributed by atoms with E-state index in [1.165, 1.54) is 22.9 Å². The molecule has 0 saturated heterocycles. The highest BCUT2D eigenvalue weighted by Crippen LogP contribution is 2.51. The van der Waals surface area contributed by atoms with Crippen molar-refractivity contribution in [3.05, 3.63) is 40.8 Å². The average molecular weight is 418 g/mol. The molecule has 2 N–H and O–H groups in total. The summed E-state index contributed by atoms with van der Waals surface area (Å²) in [5, 5.41) is 4.48. The fraction of sp³-hybridized carbons (Fsp3) is 0.526. The molecule has 1 aliphatic carbocycles. The van der Waals surface area contributed by atoms with E-state index in [0.29, 0.717) is 30.2 Å². The van der Waals surface area contributed by atoms with E-state index >= 15 is 0 Å². The molecule has 0 atom stereocenters. The summed E-state index contributed by atoms with van der Waals surface area (Å²) in [5.41, 5.74) is 6.34. The summed E-state index contributed by atoms with van der Waals surface area (Å²) >= 11 is 5.89. The molecule has 0 aliphatic heterocycles. The number of halogens is 4. The minimum absolute atomic E-state index is 0.00808. The maximum atomic E-state index is 13.7. The van der Waals surface area contributed by atoms with E-state index in [1.807, 2.05) is 13.8 Å². The molecule has 1 aromatic heterocycles.